The van der Waals surface area contributed by atoms with E-state index >= 15 is 0 Å². The Bertz CT molecular complexity index is 1890. The normalized spacial score (nSPS) is 14.1. The lowest BCUT2D eigenvalue weighted by Crippen LogP contribution is -2.51. The molecule has 0 atom stereocenters. The molecular formula is C35H42FN7O7S. The summed E-state index contributed by atoms with van der Waals surface area (Å²) in [7, 11) is -4.04. The fraction of sp³-hybridized carbons (Fsp3) is 0.400. The van der Waals surface area contributed by atoms with Crippen molar-refractivity contribution in [1.29, 1.82) is 0 Å². The smallest absolute Gasteiger partial charge is 0.444 e. The molecule has 1 amide bonds. The molecule has 2 N–H and O–H groups in total. The van der Waals surface area contributed by atoms with Crippen LogP contribution in [0.2, 0.25) is 0 Å². The van der Waals surface area contributed by atoms with Gasteiger partial charge < -0.3 is 29.7 Å². The van der Waals surface area contributed by atoms with Gasteiger partial charge in [-0.3, -0.25) is 0 Å². The van der Waals surface area contributed by atoms with Crippen molar-refractivity contribution in [2.75, 3.05) is 50.0 Å². The van der Waals surface area contributed by atoms with Gasteiger partial charge in [-0.15, -0.1) is 0 Å². The standard InChI is InChI=1S/C35H42FN7O7S/c1-34(2,3)49-32(44)42-16-18-43(19-17-42)51(46,47)29-14-13-26(21-28(29)38-15-20-48-33(45)50-35(4,5)6)41-31-39-22-24(23-40-31)11-12-25-9-8-10-27(37-7)30(25)36/h8-14,21-23,38H,15-20H2,1-6H3,(H,39,40,41). The summed E-state index contributed by atoms with van der Waals surface area (Å²) < 4.78 is 59.2. The molecule has 14 nitrogen and oxygen atoms in total. The predicted octanol–water partition coefficient (Wildman–Crippen LogP) is 6.69. The predicted molar refractivity (Wildman–Crippen MR) is 191 cm³/mol. The maximum atomic E-state index is 14.4. The third kappa shape index (κ3) is 11.1. The minimum absolute atomic E-state index is 0.0213. The number of ether oxygens (including phenoxy) is 3. The number of benzene rings is 2. The van der Waals surface area contributed by atoms with Crippen LogP contribution in [0.4, 0.5) is 37.0 Å². The van der Waals surface area contributed by atoms with Gasteiger partial charge >= 0.3 is 12.2 Å². The quantitative estimate of drug-likeness (QED) is 0.131. The molecular weight excluding hydrogens is 681 g/mol. The molecule has 3 aromatic rings. The minimum atomic E-state index is -4.04. The van der Waals surface area contributed by atoms with Gasteiger partial charge in [0.2, 0.25) is 21.7 Å². The summed E-state index contributed by atoms with van der Waals surface area (Å²) in [5, 5.41) is 6.10. The zero-order chi connectivity index (χ0) is 37.4. The summed E-state index contributed by atoms with van der Waals surface area (Å²) in [6.45, 7) is 17.9. The van der Waals surface area contributed by atoms with Crippen molar-refractivity contribution in [3.63, 3.8) is 0 Å². The Hall–Kier alpha value is -5.27. The van der Waals surface area contributed by atoms with Crippen LogP contribution in [0.25, 0.3) is 17.0 Å². The van der Waals surface area contributed by atoms with Crippen LogP contribution in [-0.4, -0.2) is 90.4 Å². The molecule has 0 spiro atoms. The van der Waals surface area contributed by atoms with E-state index in [0.29, 0.717) is 11.3 Å². The molecule has 0 aliphatic carbocycles. The largest absolute Gasteiger partial charge is 0.508 e. The molecule has 51 heavy (non-hydrogen) atoms. The summed E-state index contributed by atoms with van der Waals surface area (Å²) in [5.74, 6) is -0.404. The first-order valence-electron chi connectivity index (χ1n) is 16.1. The number of piperazine rings is 1. The molecule has 2 aromatic carbocycles. The number of halogens is 1. The molecule has 0 radical (unpaired) electrons. The van der Waals surface area contributed by atoms with Gasteiger partial charge in [0.05, 0.1) is 12.3 Å². The van der Waals surface area contributed by atoms with Crippen molar-refractivity contribution >= 4 is 57.4 Å². The second-order valence-electron chi connectivity index (χ2n) is 13.4. The number of anilines is 3. The number of sulfonamides is 1. The summed E-state index contributed by atoms with van der Waals surface area (Å²) in [6.07, 6.45) is 4.82. The fourth-order valence-corrected chi connectivity index (χ4v) is 6.27. The van der Waals surface area contributed by atoms with Gasteiger partial charge in [-0.05, 0) is 65.3 Å². The summed E-state index contributed by atoms with van der Waals surface area (Å²) >= 11 is 0. The van der Waals surface area contributed by atoms with E-state index in [9.17, 15) is 22.4 Å². The second-order valence-corrected chi connectivity index (χ2v) is 15.3. The molecule has 1 aromatic heterocycles. The number of nitrogens with one attached hydrogen (secondary N) is 2. The number of hydrogen-bond acceptors (Lipinski definition) is 11. The van der Waals surface area contributed by atoms with E-state index in [1.807, 2.05) is 0 Å². The van der Waals surface area contributed by atoms with E-state index in [2.05, 4.69) is 25.4 Å². The first kappa shape index (κ1) is 38.5. The lowest BCUT2D eigenvalue weighted by Gasteiger charge is -2.35. The van der Waals surface area contributed by atoms with Crippen LogP contribution in [0.3, 0.4) is 0 Å². The molecule has 0 saturated carbocycles. The molecule has 1 saturated heterocycles. The van der Waals surface area contributed by atoms with Crippen LogP contribution in [0, 0.1) is 12.4 Å². The van der Waals surface area contributed by atoms with Gasteiger partial charge in [-0.1, -0.05) is 30.4 Å². The van der Waals surface area contributed by atoms with Gasteiger partial charge in [0, 0.05) is 56.4 Å². The highest BCUT2D eigenvalue weighted by molar-refractivity contribution is 7.89. The Morgan fingerprint density at radius 1 is 0.980 bits per heavy atom. The van der Waals surface area contributed by atoms with Crippen LogP contribution >= 0.6 is 0 Å². The van der Waals surface area contributed by atoms with E-state index in [0.717, 1.165) is 0 Å². The van der Waals surface area contributed by atoms with Crippen molar-refractivity contribution in [2.45, 2.75) is 57.6 Å². The Kier molecular flexibility index (Phi) is 12.2. The third-order valence-electron chi connectivity index (χ3n) is 7.03. The SMILES string of the molecule is [C-]#[N+]c1cccc(C=Cc2cnc(Nc3ccc(S(=O)(=O)N4CCN(C(=O)OC(C)(C)C)CC4)c(NCCOC(=O)OC(C)(C)C)c3)nc2)c1F. The summed E-state index contributed by atoms with van der Waals surface area (Å²) in [5.41, 5.74) is 0.0274. The van der Waals surface area contributed by atoms with Crippen LogP contribution in [0.1, 0.15) is 52.7 Å². The monoisotopic (exact) mass is 723 g/mol. The van der Waals surface area contributed by atoms with E-state index < -0.39 is 39.3 Å². The first-order chi connectivity index (χ1) is 23.9. The van der Waals surface area contributed by atoms with Crippen LogP contribution < -0.4 is 10.6 Å². The van der Waals surface area contributed by atoms with E-state index in [-0.39, 0.29) is 67.1 Å². The zero-order valence-electron chi connectivity index (χ0n) is 29.4. The van der Waals surface area contributed by atoms with E-state index in [1.165, 1.54) is 39.8 Å². The molecule has 4 rings (SSSR count). The van der Waals surface area contributed by atoms with Crippen LogP contribution in [-0.2, 0) is 24.2 Å². The Labute approximate surface area is 297 Å². The zero-order valence-corrected chi connectivity index (χ0v) is 30.2. The average molecular weight is 724 g/mol. The van der Waals surface area contributed by atoms with Gasteiger partial charge in [-0.2, -0.15) is 4.31 Å². The summed E-state index contributed by atoms with van der Waals surface area (Å²) in [4.78, 5) is 37.8. The highest BCUT2D eigenvalue weighted by Gasteiger charge is 2.33. The number of aromatic nitrogens is 2. The Morgan fingerprint density at radius 2 is 1.65 bits per heavy atom. The van der Waals surface area contributed by atoms with Crippen molar-refractivity contribution in [3.05, 3.63) is 77.2 Å². The van der Waals surface area contributed by atoms with Gasteiger partial charge in [0.1, 0.15) is 28.5 Å². The molecule has 1 aliphatic rings. The van der Waals surface area contributed by atoms with E-state index in [1.54, 1.807) is 71.9 Å². The highest BCUT2D eigenvalue weighted by Crippen LogP contribution is 2.30. The highest BCUT2D eigenvalue weighted by atomic mass is 32.2. The third-order valence-corrected chi connectivity index (χ3v) is 8.98. The van der Waals surface area contributed by atoms with Crippen molar-refractivity contribution in [3.8, 4) is 0 Å². The number of carbonyl (C=O) groups is 2. The molecule has 1 aliphatic heterocycles. The van der Waals surface area contributed by atoms with Crippen molar-refractivity contribution in [2.24, 2.45) is 0 Å². The maximum absolute atomic E-state index is 14.4. The average Bonchev–Trinajstić information content (AvgIpc) is 3.05. The number of carbonyl (C=O) groups excluding carboxylic acids is 2. The summed E-state index contributed by atoms with van der Waals surface area (Å²) in [6, 6.07) is 9.13. The Balaban J connectivity index is 1.50. The number of amides is 1. The fourth-order valence-electron chi connectivity index (χ4n) is 4.70. The van der Waals surface area contributed by atoms with Crippen LogP contribution in [0.5, 0.6) is 0 Å². The van der Waals surface area contributed by atoms with Crippen LogP contribution in [0.15, 0.2) is 53.7 Å². The second kappa shape index (κ2) is 16.2. The lowest BCUT2D eigenvalue weighted by atomic mass is 10.1. The van der Waals surface area contributed by atoms with Crippen molar-refractivity contribution in [1.82, 2.24) is 19.2 Å². The van der Waals surface area contributed by atoms with Gasteiger partial charge in [0.15, 0.2) is 0 Å². The maximum Gasteiger partial charge on any atom is 0.508 e. The number of nitrogens with zero attached hydrogens (tertiary/aromatic N) is 5. The number of rotatable bonds is 10. The number of hydrogen-bond donors (Lipinski definition) is 2. The molecule has 272 valence electrons. The molecule has 2 heterocycles. The van der Waals surface area contributed by atoms with Gasteiger partial charge in [-0.25, -0.2) is 37.2 Å². The first-order valence-corrected chi connectivity index (χ1v) is 17.5. The molecule has 0 bridgehead atoms. The van der Waals surface area contributed by atoms with Crippen molar-refractivity contribution < 1.29 is 36.6 Å². The topological polar surface area (TPSA) is 157 Å². The lowest BCUT2D eigenvalue weighted by molar-refractivity contribution is -0.00551. The molecule has 1 fully saturated rings. The van der Waals surface area contributed by atoms with E-state index in [4.69, 9.17) is 20.8 Å². The van der Waals surface area contributed by atoms with Gasteiger partial charge in [0.25, 0.3) is 0 Å². The molecule has 0 unspecified atom stereocenters. The molecule has 16 heteroatoms. The Morgan fingerprint density at radius 3 is 2.27 bits per heavy atom. The minimum Gasteiger partial charge on any atom is -0.444 e.